The van der Waals surface area contributed by atoms with Gasteiger partial charge >= 0.3 is 12.2 Å². The molecule has 194 valence electrons. The number of allylic oxidation sites excluding steroid dienone is 3. The molecule has 2 amide bonds. The Labute approximate surface area is 203 Å². The molecular weight excluding hydrogens is 464 g/mol. The SMILES string of the molecule is C/C(CNC1CN(C(=O)[N+]2(C)CC3(CC(C4NN=C(C5CC5)N4)C3)C2)C1)=C(F)\C=C(/C)C(F)(F)F. The van der Waals surface area contributed by atoms with Crippen molar-refractivity contribution in [3.8, 4) is 0 Å². The Balaban J connectivity index is 1.02. The van der Waals surface area contributed by atoms with Gasteiger partial charge in [-0.2, -0.15) is 18.3 Å². The van der Waals surface area contributed by atoms with Crippen LogP contribution in [0.5, 0.6) is 0 Å². The monoisotopic (exact) mass is 499 g/mol. The van der Waals surface area contributed by atoms with Crippen molar-refractivity contribution in [2.24, 2.45) is 22.4 Å². The Morgan fingerprint density at radius 1 is 1.26 bits per heavy atom. The summed E-state index contributed by atoms with van der Waals surface area (Å²) in [5.74, 6) is 1.40. The first-order chi connectivity index (χ1) is 16.4. The molecule has 3 N–H and O–H groups in total. The standard InChI is InChI=1S/C24H35F4N6O/c1-14(19(25)6-15(2)24(26,27)28)9-29-18-10-33(11-18)22(35)34(3)12-23(13-34)7-17(8-23)21-30-20(31-32-21)16-4-5-16/h6,16-18,21,29,32H,4-5,7-13H2,1-3H3,(H,30,31)/q+1/b15-6+,19-14-. The second-order valence-electron chi connectivity index (χ2n) is 11.6. The van der Waals surface area contributed by atoms with Crippen LogP contribution in [0.3, 0.4) is 0 Å². The van der Waals surface area contributed by atoms with Crippen LogP contribution < -0.4 is 16.1 Å². The molecule has 35 heavy (non-hydrogen) atoms. The Morgan fingerprint density at radius 2 is 1.91 bits per heavy atom. The second kappa shape index (κ2) is 8.47. The zero-order valence-electron chi connectivity index (χ0n) is 20.5. The number of hydrazone groups is 1. The molecule has 2 saturated carbocycles. The van der Waals surface area contributed by atoms with Crippen LogP contribution >= 0.6 is 0 Å². The van der Waals surface area contributed by atoms with E-state index in [0.717, 1.165) is 38.7 Å². The number of likely N-dealkylation sites (tertiary alicyclic amines) is 2. The zero-order chi connectivity index (χ0) is 25.2. The number of hydrogen-bond donors (Lipinski definition) is 3. The molecule has 3 heterocycles. The summed E-state index contributed by atoms with van der Waals surface area (Å²) < 4.78 is 52.2. The maximum atomic E-state index is 14.0. The first kappa shape index (κ1) is 24.5. The molecule has 2 saturated heterocycles. The van der Waals surface area contributed by atoms with Crippen molar-refractivity contribution in [3.63, 3.8) is 0 Å². The van der Waals surface area contributed by atoms with Gasteiger partial charge in [0.2, 0.25) is 0 Å². The smallest absolute Gasteiger partial charge is 0.351 e. The van der Waals surface area contributed by atoms with Crippen LogP contribution in [0, 0.1) is 17.3 Å². The van der Waals surface area contributed by atoms with Crippen molar-refractivity contribution < 1.29 is 26.8 Å². The van der Waals surface area contributed by atoms with Crippen LogP contribution in [0.2, 0.25) is 0 Å². The summed E-state index contributed by atoms with van der Waals surface area (Å²) in [6.45, 7) is 5.25. The maximum absolute atomic E-state index is 14.0. The van der Waals surface area contributed by atoms with Crippen LogP contribution in [0.1, 0.15) is 39.5 Å². The van der Waals surface area contributed by atoms with Crippen LogP contribution in [0.15, 0.2) is 28.2 Å². The predicted molar refractivity (Wildman–Crippen MR) is 124 cm³/mol. The van der Waals surface area contributed by atoms with E-state index >= 15 is 0 Å². The van der Waals surface area contributed by atoms with E-state index in [4.69, 9.17) is 0 Å². The van der Waals surface area contributed by atoms with E-state index in [9.17, 15) is 22.4 Å². The number of quaternary nitrogens is 1. The van der Waals surface area contributed by atoms with Gasteiger partial charge in [-0.3, -0.25) is 10.3 Å². The highest BCUT2D eigenvalue weighted by Gasteiger charge is 2.65. The lowest BCUT2D eigenvalue weighted by atomic mass is 9.56. The van der Waals surface area contributed by atoms with Crippen molar-refractivity contribution in [3.05, 3.63) is 23.0 Å². The molecule has 1 unspecified atom stereocenters. The van der Waals surface area contributed by atoms with Gasteiger partial charge in [0, 0.05) is 43.1 Å². The molecule has 0 bridgehead atoms. The van der Waals surface area contributed by atoms with Crippen molar-refractivity contribution in [2.45, 2.75) is 57.9 Å². The van der Waals surface area contributed by atoms with Gasteiger partial charge in [-0.25, -0.2) is 13.7 Å². The number of carbonyl (C=O) groups is 1. The number of rotatable bonds is 6. The third-order valence-corrected chi connectivity index (χ3v) is 8.29. The minimum atomic E-state index is -4.53. The van der Waals surface area contributed by atoms with Crippen molar-refractivity contribution >= 4 is 11.9 Å². The molecule has 1 spiro atoms. The number of nitrogens with zero attached hydrogens (tertiary/aromatic N) is 3. The fourth-order valence-electron chi connectivity index (χ4n) is 6.15. The van der Waals surface area contributed by atoms with Crippen LogP contribution in [-0.2, 0) is 0 Å². The van der Waals surface area contributed by atoms with E-state index in [1.807, 2.05) is 11.9 Å². The van der Waals surface area contributed by atoms with E-state index in [1.54, 1.807) is 0 Å². The first-order valence-electron chi connectivity index (χ1n) is 12.5. The highest BCUT2D eigenvalue weighted by Crippen LogP contribution is 2.55. The lowest BCUT2D eigenvalue weighted by molar-refractivity contribution is -0.903. The zero-order valence-corrected chi connectivity index (χ0v) is 20.5. The Bertz CT molecular complexity index is 965. The fourth-order valence-corrected chi connectivity index (χ4v) is 6.15. The van der Waals surface area contributed by atoms with Crippen LogP contribution in [0.25, 0.3) is 0 Å². The number of nitrogens with one attached hydrogen (secondary N) is 3. The number of carbonyl (C=O) groups excluding carboxylic acids is 1. The molecule has 0 aromatic carbocycles. The van der Waals surface area contributed by atoms with Crippen molar-refractivity contribution in [1.82, 2.24) is 21.0 Å². The van der Waals surface area contributed by atoms with Gasteiger partial charge in [-0.1, -0.05) is 0 Å². The van der Waals surface area contributed by atoms with Gasteiger partial charge in [-0.15, -0.1) is 0 Å². The summed E-state index contributed by atoms with van der Waals surface area (Å²) in [5, 5.41) is 11.1. The van der Waals surface area contributed by atoms with E-state index < -0.39 is 17.6 Å². The van der Waals surface area contributed by atoms with Crippen LogP contribution in [-0.4, -0.2) is 79.4 Å². The number of halogens is 4. The summed E-state index contributed by atoms with van der Waals surface area (Å²) in [5.41, 5.74) is 2.75. The minimum Gasteiger partial charge on any atom is -0.351 e. The maximum Gasteiger partial charge on any atom is 0.419 e. The normalized spacial score (nSPS) is 35.9. The summed E-state index contributed by atoms with van der Waals surface area (Å²) in [4.78, 5) is 14.9. The van der Waals surface area contributed by atoms with Gasteiger partial charge in [-0.05, 0) is 51.2 Å². The highest BCUT2D eigenvalue weighted by atomic mass is 19.4. The van der Waals surface area contributed by atoms with Gasteiger partial charge in [0.15, 0.2) is 0 Å². The van der Waals surface area contributed by atoms with Crippen molar-refractivity contribution in [1.29, 1.82) is 0 Å². The van der Waals surface area contributed by atoms with E-state index in [-0.39, 0.29) is 35.8 Å². The molecular formula is C24H35F4N6O+. The van der Waals surface area contributed by atoms with E-state index in [1.165, 1.54) is 19.8 Å². The molecule has 5 aliphatic rings. The highest BCUT2D eigenvalue weighted by molar-refractivity contribution is 5.87. The number of amidine groups is 1. The summed E-state index contributed by atoms with van der Waals surface area (Å²) in [6, 6.07) is 0.139. The minimum absolute atomic E-state index is 0.0180. The molecule has 1 atom stereocenters. The lowest BCUT2D eigenvalue weighted by Gasteiger charge is -2.62. The number of urea groups is 1. The van der Waals surface area contributed by atoms with Gasteiger partial charge in [0.1, 0.15) is 17.8 Å². The third kappa shape index (κ3) is 4.81. The molecule has 0 aromatic heterocycles. The Kier molecular flexibility index (Phi) is 5.94. The van der Waals surface area contributed by atoms with E-state index in [2.05, 4.69) is 21.2 Å². The molecule has 0 radical (unpaired) electrons. The van der Waals surface area contributed by atoms with E-state index in [0.29, 0.717) is 35.5 Å². The average molecular weight is 500 g/mol. The summed E-state index contributed by atoms with van der Waals surface area (Å²) >= 11 is 0. The molecule has 0 aromatic rings. The topological polar surface area (TPSA) is 68.8 Å². The number of hydrogen-bond acceptors (Lipinski definition) is 5. The van der Waals surface area contributed by atoms with Crippen molar-refractivity contribution in [2.75, 3.05) is 39.8 Å². The molecule has 2 aliphatic carbocycles. The predicted octanol–water partition coefficient (Wildman–Crippen LogP) is 3.23. The first-order valence-corrected chi connectivity index (χ1v) is 12.5. The molecule has 3 aliphatic heterocycles. The largest absolute Gasteiger partial charge is 0.419 e. The average Bonchev–Trinajstić information content (AvgIpc) is 3.44. The second-order valence-corrected chi connectivity index (χ2v) is 11.6. The fraction of sp³-hybridized carbons (Fsp3) is 0.750. The van der Waals surface area contributed by atoms with Gasteiger partial charge < -0.3 is 10.6 Å². The van der Waals surface area contributed by atoms with Gasteiger partial charge in [0.25, 0.3) is 0 Å². The summed E-state index contributed by atoms with van der Waals surface area (Å²) in [6.07, 6.45) is 0.890. The Hall–Kier alpha value is -2.14. The number of amides is 2. The van der Waals surface area contributed by atoms with Crippen LogP contribution in [0.4, 0.5) is 22.4 Å². The lowest BCUT2D eigenvalue weighted by Crippen LogP contribution is -2.78. The summed E-state index contributed by atoms with van der Waals surface area (Å²) in [7, 11) is 2.00. The number of alkyl halides is 3. The molecule has 7 nitrogen and oxygen atoms in total. The Morgan fingerprint density at radius 3 is 2.51 bits per heavy atom. The molecule has 4 fully saturated rings. The molecule has 5 rings (SSSR count). The van der Waals surface area contributed by atoms with Gasteiger partial charge in [0.05, 0.1) is 25.6 Å². The quantitative estimate of drug-likeness (QED) is 0.298. The molecule has 11 heteroatoms. The third-order valence-electron chi connectivity index (χ3n) is 8.29.